The van der Waals surface area contributed by atoms with Crippen LogP contribution in [0.15, 0.2) is 36.4 Å². The normalized spacial score (nSPS) is 10.5. The minimum absolute atomic E-state index is 0.193. The highest BCUT2D eigenvalue weighted by atomic mass is 19.1. The summed E-state index contributed by atoms with van der Waals surface area (Å²) in [6.07, 6.45) is 0. The lowest BCUT2D eigenvalue weighted by molar-refractivity contribution is 0.0984. The van der Waals surface area contributed by atoms with Crippen molar-refractivity contribution in [1.82, 2.24) is 0 Å². The molecule has 0 heterocycles. The van der Waals surface area contributed by atoms with Gasteiger partial charge in [-0.2, -0.15) is 0 Å². The number of nitrogens with two attached hydrogens (primary N) is 1. The molecule has 110 valence electrons. The van der Waals surface area contributed by atoms with Gasteiger partial charge in [0.05, 0.1) is 11.3 Å². The van der Waals surface area contributed by atoms with Gasteiger partial charge in [0.1, 0.15) is 17.5 Å². The van der Waals surface area contributed by atoms with Gasteiger partial charge in [-0.25, -0.2) is 13.2 Å². The van der Waals surface area contributed by atoms with Crippen molar-refractivity contribution in [2.75, 3.05) is 17.2 Å². The van der Waals surface area contributed by atoms with Gasteiger partial charge in [0.15, 0.2) is 0 Å². The summed E-state index contributed by atoms with van der Waals surface area (Å²) < 4.78 is 40.1. The minimum atomic E-state index is -1.01. The highest BCUT2D eigenvalue weighted by Crippen LogP contribution is 2.22. The Morgan fingerprint density at radius 2 is 1.86 bits per heavy atom. The molecule has 1 amide bonds. The summed E-state index contributed by atoms with van der Waals surface area (Å²) in [6.45, 7) is 1.85. The van der Waals surface area contributed by atoms with E-state index in [4.69, 9.17) is 5.73 Å². The molecule has 0 fully saturated rings. The molecule has 0 aromatic heterocycles. The lowest BCUT2D eigenvalue weighted by Crippen LogP contribution is -2.31. The monoisotopic (exact) mass is 294 g/mol. The average Bonchev–Trinajstić information content (AvgIpc) is 2.43. The van der Waals surface area contributed by atoms with E-state index in [1.807, 2.05) is 0 Å². The topological polar surface area (TPSA) is 46.3 Å². The minimum Gasteiger partial charge on any atom is -0.396 e. The molecule has 0 bridgehead atoms. The van der Waals surface area contributed by atoms with Crippen molar-refractivity contribution in [2.24, 2.45) is 0 Å². The number of nitrogen functional groups attached to an aromatic ring is 1. The summed E-state index contributed by atoms with van der Waals surface area (Å²) >= 11 is 0. The Morgan fingerprint density at radius 1 is 1.14 bits per heavy atom. The number of halogens is 3. The Kier molecular flexibility index (Phi) is 4.16. The van der Waals surface area contributed by atoms with Crippen LogP contribution in [0.3, 0.4) is 0 Å². The number of hydrogen-bond donors (Lipinski definition) is 1. The number of hydrogen-bond acceptors (Lipinski definition) is 2. The van der Waals surface area contributed by atoms with E-state index in [2.05, 4.69) is 0 Å². The summed E-state index contributed by atoms with van der Waals surface area (Å²) in [4.78, 5) is 13.5. The lowest BCUT2D eigenvalue weighted by atomic mass is 10.1. The summed E-state index contributed by atoms with van der Waals surface area (Å²) in [5, 5.41) is 0. The second-order valence-electron chi connectivity index (χ2n) is 4.38. The van der Waals surface area contributed by atoms with Crippen molar-refractivity contribution < 1.29 is 18.0 Å². The molecule has 0 radical (unpaired) electrons. The summed E-state index contributed by atoms with van der Waals surface area (Å²) in [6, 6.07) is 6.85. The highest BCUT2D eigenvalue weighted by molar-refractivity contribution is 6.06. The van der Waals surface area contributed by atoms with Crippen LogP contribution in [-0.2, 0) is 0 Å². The fraction of sp³-hybridized carbons (Fsp3) is 0.133. The van der Waals surface area contributed by atoms with Crippen LogP contribution in [0.1, 0.15) is 17.3 Å². The Bertz CT molecular complexity index is 689. The first-order valence-electron chi connectivity index (χ1n) is 6.26. The van der Waals surface area contributed by atoms with Crippen LogP contribution >= 0.6 is 0 Å². The molecule has 2 aromatic carbocycles. The van der Waals surface area contributed by atoms with Gasteiger partial charge in [-0.1, -0.05) is 6.07 Å². The van der Waals surface area contributed by atoms with Crippen LogP contribution in [-0.4, -0.2) is 12.5 Å². The molecule has 0 aliphatic carbocycles. The number of carbonyl (C=O) groups is 1. The maximum atomic E-state index is 13.8. The lowest BCUT2D eigenvalue weighted by Gasteiger charge is -2.21. The molecule has 0 aliphatic heterocycles. The Labute approximate surface area is 119 Å². The summed E-state index contributed by atoms with van der Waals surface area (Å²) in [5.74, 6) is -3.18. The van der Waals surface area contributed by atoms with Gasteiger partial charge in [-0.05, 0) is 31.2 Å². The fourth-order valence-corrected chi connectivity index (χ4v) is 1.96. The SMILES string of the molecule is CCN(C(=O)c1cc(N)c(F)cc1F)c1cccc(F)c1. The first kappa shape index (κ1) is 14.9. The van der Waals surface area contributed by atoms with Crippen molar-refractivity contribution >= 4 is 17.3 Å². The van der Waals surface area contributed by atoms with Crippen LogP contribution in [0.2, 0.25) is 0 Å². The largest absolute Gasteiger partial charge is 0.396 e. The summed E-state index contributed by atoms with van der Waals surface area (Å²) in [7, 11) is 0. The zero-order chi connectivity index (χ0) is 15.6. The van der Waals surface area contributed by atoms with E-state index in [1.54, 1.807) is 6.92 Å². The molecular weight excluding hydrogens is 281 g/mol. The second-order valence-corrected chi connectivity index (χ2v) is 4.38. The van der Waals surface area contributed by atoms with Crippen LogP contribution in [0.25, 0.3) is 0 Å². The zero-order valence-electron chi connectivity index (χ0n) is 11.2. The van der Waals surface area contributed by atoms with Gasteiger partial charge < -0.3 is 10.6 Å². The van der Waals surface area contributed by atoms with E-state index in [9.17, 15) is 18.0 Å². The molecular formula is C15H13F3N2O. The predicted molar refractivity (Wildman–Crippen MR) is 74.5 cm³/mol. The Morgan fingerprint density at radius 3 is 2.48 bits per heavy atom. The van der Waals surface area contributed by atoms with Crippen LogP contribution in [0, 0.1) is 17.5 Å². The second kappa shape index (κ2) is 5.87. The number of amides is 1. The molecule has 0 spiro atoms. The molecule has 0 aliphatic rings. The van der Waals surface area contributed by atoms with Gasteiger partial charge in [-0.15, -0.1) is 0 Å². The van der Waals surface area contributed by atoms with Crippen molar-refractivity contribution in [3.8, 4) is 0 Å². The standard InChI is InChI=1S/C15H13F3N2O/c1-2-20(10-5-3-4-9(16)6-10)15(21)11-7-14(19)13(18)8-12(11)17/h3-8H,2,19H2,1H3. The molecule has 0 saturated heterocycles. The molecule has 2 rings (SSSR count). The van der Waals surface area contributed by atoms with E-state index in [0.717, 1.165) is 12.1 Å². The van der Waals surface area contributed by atoms with E-state index in [-0.39, 0.29) is 23.5 Å². The van der Waals surface area contributed by atoms with Crippen molar-refractivity contribution in [3.05, 3.63) is 59.4 Å². The Hall–Kier alpha value is -2.50. The third kappa shape index (κ3) is 2.99. The van der Waals surface area contributed by atoms with Gasteiger partial charge in [0.2, 0.25) is 0 Å². The smallest absolute Gasteiger partial charge is 0.261 e. The third-order valence-corrected chi connectivity index (χ3v) is 3.00. The molecule has 0 saturated carbocycles. The highest BCUT2D eigenvalue weighted by Gasteiger charge is 2.21. The molecule has 0 atom stereocenters. The van der Waals surface area contributed by atoms with Crippen molar-refractivity contribution in [1.29, 1.82) is 0 Å². The van der Waals surface area contributed by atoms with E-state index in [0.29, 0.717) is 6.07 Å². The molecule has 6 heteroatoms. The number of rotatable bonds is 3. The van der Waals surface area contributed by atoms with Crippen LogP contribution < -0.4 is 10.6 Å². The number of benzene rings is 2. The molecule has 0 unspecified atom stereocenters. The number of carbonyl (C=O) groups excluding carboxylic acids is 1. The maximum absolute atomic E-state index is 13.8. The Balaban J connectivity index is 2.44. The third-order valence-electron chi connectivity index (χ3n) is 3.00. The zero-order valence-corrected chi connectivity index (χ0v) is 11.2. The predicted octanol–water partition coefficient (Wildman–Crippen LogP) is 3.35. The van der Waals surface area contributed by atoms with Gasteiger partial charge in [0, 0.05) is 18.3 Å². The quantitative estimate of drug-likeness (QED) is 0.882. The molecule has 21 heavy (non-hydrogen) atoms. The molecule has 2 aromatic rings. The van der Waals surface area contributed by atoms with Crippen LogP contribution in [0.4, 0.5) is 24.5 Å². The van der Waals surface area contributed by atoms with Crippen molar-refractivity contribution in [3.63, 3.8) is 0 Å². The van der Waals surface area contributed by atoms with Gasteiger partial charge >= 0.3 is 0 Å². The molecule has 3 nitrogen and oxygen atoms in total. The fourth-order valence-electron chi connectivity index (χ4n) is 1.96. The number of nitrogens with zero attached hydrogens (tertiary/aromatic N) is 1. The van der Waals surface area contributed by atoms with Gasteiger partial charge in [0.25, 0.3) is 5.91 Å². The average molecular weight is 294 g/mol. The molecule has 2 N–H and O–H groups in total. The maximum Gasteiger partial charge on any atom is 0.261 e. The van der Waals surface area contributed by atoms with Gasteiger partial charge in [-0.3, -0.25) is 4.79 Å². The van der Waals surface area contributed by atoms with E-state index in [1.165, 1.54) is 23.1 Å². The number of anilines is 2. The van der Waals surface area contributed by atoms with Crippen molar-refractivity contribution in [2.45, 2.75) is 6.92 Å². The summed E-state index contributed by atoms with van der Waals surface area (Å²) in [5.41, 5.74) is 4.96. The van der Waals surface area contributed by atoms with E-state index < -0.39 is 23.4 Å². The first-order valence-corrected chi connectivity index (χ1v) is 6.26. The first-order chi connectivity index (χ1) is 9.93. The van der Waals surface area contributed by atoms with E-state index >= 15 is 0 Å². The van der Waals surface area contributed by atoms with Crippen LogP contribution in [0.5, 0.6) is 0 Å².